The third-order valence-corrected chi connectivity index (χ3v) is 7.01. The number of pyridine rings is 1. The van der Waals surface area contributed by atoms with Gasteiger partial charge in [-0.15, -0.1) is 0 Å². The van der Waals surface area contributed by atoms with E-state index in [1.54, 1.807) is 19.5 Å². The van der Waals surface area contributed by atoms with Crippen molar-refractivity contribution in [3.05, 3.63) is 72.8 Å². The standard InChI is InChI=1S/C28H32N4O/c1-33-25-9-5-8-24(18-25)26-19-30-28(23-10-14-29-15-11-23)31-27(26)22-12-16-32(17-13-22)20-21-6-3-2-4-7-21/h2-3,5,8-11,14-15,18-19,21-22H,4,6-7,12-13,16-17,20H2,1H3. The molecule has 3 aromatic rings. The predicted molar refractivity (Wildman–Crippen MR) is 132 cm³/mol. The largest absolute Gasteiger partial charge is 0.497 e. The molecule has 0 N–H and O–H groups in total. The SMILES string of the molecule is COc1cccc(-c2cnc(-c3ccncc3)nc2C2CCN(CC3CC=CCC3)CC2)c1. The molecule has 5 nitrogen and oxygen atoms in total. The summed E-state index contributed by atoms with van der Waals surface area (Å²) in [6.07, 6.45) is 16.4. The van der Waals surface area contributed by atoms with Crippen molar-refractivity contribution in [2.75, 3.05) is 26.7 Å². The molecule has 170 valence electrons. The Hall–Kier alpha value is -3.05. The lowest BCUT2D eigenvalue weighted by molar-refractivity contribution is 0.177. The van der Waals surface area contributed by atoms with Crippen molar-refractivity contribution < 1.29 is 4.74 Å². The zero-order chi connectivity index (χ0) is 22.5. The molecule has 33 heavy (non-hydrogen) atoms. The lowest BCUT2D eigenvalue weighted by atomic mass is 9.87. The molecule has 5 heteroatoms. The highest BCUT2D eigenvalue weighted by molar-refractivity contribution is 5.69. The zero-order valence-electron chi connectivity index (χ0n) is 19.4. The van der Waals surface area contributed by atoms with Crippen LogP contribution in [0.1, 0.15) is 43.7 Å². The number of hydrogen-bond donors (Lipinski definition) is 0. The lowest BCUT2D eigenvalue weighted by Crippen LogP contribution is -2.37. The molecule has 1 atom stereocenters. The van der Waals surface area contributed by atoms with Gasteiger partial charge in [-0.2, -0.15) is 0 Å². The van der Waals surface area contributed by atoms with Crippen molar-refractivity contribution in [3.63, 3.8) is 0 Å². The van der Waals surface area contributed by atoms with Crippen LogP contribution in [-0.4, -0.2) is 46.6 Å². The predicted octanol–water partition coefficient (Wildman–Crippen LogP) is 5.75. The van der Waals surface area contributed by atoms with Crippen molar-refractivity contribution in [1.82, 2.24) is 19.9 Å². The molecule has 1 unspecified atom stereocenters. The summed E-state index contributed by atoms with van der Waals surface area (Å²) >= 11 is 0. The molecule has 5 rings (SSSR count). The molecule has 2 aliphatic rings. The van der Waals surface area contributed by atoms with Crippen LogP contribution in [0.3, 0.4) is 0 Å². The molecular formula is C28H32N4O. The number of likely N-dealkylation sites (tertiary alicyclic amines) is 1. The summed E-state index contributed by atoms with van der Waals surface area (Å²) in [5.41, 5.74) is 4.39. The Kier molecular flexibility index (Phi) is 6.77. The topological polar surface area (TPSA) is 51.1 Å². The number of nitrogens with zero attached hydrogens (tertiary/aromatic N) is 4. The molecule has 0 radical (unpaired) electrons. The van der Waals surface area contributed by atoms with Crippen molar-refractivity contribution >= 4 is 0 Å². The maximum absolute atomic E-state index is 5.48. The van der Waals surface area contributed by atoms with Crippen molar-refractivity contribution in [2.45, 2.75) is 38.0 Å². The van der Waals surface area contributed by atoms with Crippen LogP contribution in [0.2, 0.25) is 0 Å². The van der Waals surface area contributed by atoms with Crippen LogP contribution < -0.4 is 4.74 Å². The summed E-state index contributed by atoms with van der Waals surface area (Å²) in [7, 11) is 1.71. The second-order valence-corrected chi connectivity index (χ2v) is 9.19. The molecule has 2 aromatic heterocycles. The van der Waals surface area contributed by atoms with Gasteiger partial charge in [0.1, 0.15) is 5.75 Å². The molecule has 0 bridgehead atoms. The lowest BCUT2D eigenvalue weighted by Gasteiger charge is -2.35. The second kappa shape index (κ2) is 10.3. The number of piperidine rings is 1. The summed E-state index contributed by atoms with van der Waals surface area (Å²) < 4.78 is 5.48. The first-order valence-corrected chi connectivity index (χ1v) is 12.1. The molecule has 3 heterocycles. The fourth-order valence-corrected chi connectivity index (χ4v) is 5.14. The number of ether oxygens (including phenoxy) is 1. The monoisotopic (exact) mass is 440 g/mol. The molecule has 0 saturated carbocycles. The summed E-state index contributed by atoms with van der Waals surface area (Å²) in [6, 6.07) is 12.2. The molecule has 1 fully saturated rings. The van der Waals surface area contributed by atoms with Crippen LogP contribution in [0, 0.1) is 5.92 Å². The summed E-state index contributed by atoms with van der Waals surface area (Å²) in [6.45, 7) is 3.50. The minimum atomic E-state index is 0.428. The van der Waals surface area contributed by atoms with Crippen LogP contribution in [0.4, 0.5) is 0 Å². The average molecular weight is 441 g/mol. The van der Waals surface area contributed by atoms with Gasteiger partial charge in [0.25, 0.3) is 0 Å². The number of allylic oxidation sites excluding steroid dienone is 2. The van der Waals surface area contributed by atoms with Gasteiger partial charge in [-0.05, 0) is 80.9 Å². The van der Waals surface area contributed by atoms with E-state index in [1.165, 1.54) is 25.8 Å². The number of rotatable bonds is 6. The van der Waals surface area contributed by atoms with E-state index >= 15 is 0 Å². The van der Waals surface area contributed by atoms with E-state index in [2.05, 4.69) is 34.2 Å². The molecule has 1 aliphatic carbocycles. The number of methoxy groups -OCH3 is 1. The Morgan fingerprint density at radius 3 is 2.61 bits per heavy atom. The van der Waals surface area contributed by atoms with Crippen LogP contribution >= 0.6 is 0 Å². The first kappa shape index (κ1) is 21.8. The van der Waals surface area contributed by atoms with Gasteiger partial charge in [0.05, 0.1) is 12.8 Å². The fourth-order valence-electron chi connectivity index (χ4n) is 5.14. The van der Waals surface area contributed by atoms with Crippen LogP contribution in [0.25, 0.3) is 22.5 Å². The van der Waals surface area contributed by atoms with Gasteiger partial charge in [-0.25, -0.2) is 9.97 Å². The maximum Gasteiger partial charge on any atom is 0.159 e. The minimum absolute atomic E-state index is 0.428. The van der Waals surface area contributed by atoms with Gasteiger partial charge in [-0.1, -0.05) is 24.3 Å². The number of benzene rings is 1. The molecule has 1 saturated heterocycles. The van der Waals surface area contributed by atoms with E-state index in [-0.39, 0.29) is 0 Å². The van der Waals surface area contributed by atoms with Crippen LogP contribution in [0.5, 0.6) is 5.75 Å². The van der Waals surface area contributed by atoms with Crippen LogP contribution in [-0.2, 0) is 0 Å². The molecule has 1 aliphatic heterocycles. The van der Waals surface area contributed by atoms with Crippen molar-refractivity contribution in [3.8, 4) is 28.3 Å². The smallest absolute Gasteiger partial charge is 0.159 e. The van der Waals surface area contributed by atoms with E-state index < -0.39 is 0 Å². The second-order valence-electron chi connectivity index (χ2n) is 9.19. The Morgan fingerprint density at radius 2 is 1.85 bits per heavy atom. The quantitative estimate of drug-likeness (QED) is 0.457. The molecular weight excluding hydrogens is 408 g/mol. The summed E-state index contributed by atoms with van der Waals surface area (Å²) in [5.74, 6) is 2.87. The Morgan fingerprint density at radius 1 is 1.00 bits per heavy atom. The Labute approximate surface area is 196 Å². The summed E-state index contributed by atoms with van der Waals surface area (Å²) in [5, 5.41) is 0. The van der Waals surface area contributed by atoms with Crippen molar-refractivity contribution in [2.24, 2.45) is 5.92 Å². The highest BCUT2D eigenvalue weighted by Crippen LogP contribution is 2.36. The molecule has 1 aromatic carbocycles. The molecule has 0 amide bonds. The first-order valence-electron chi connectivity index (χ1n) is 12.1. The van der Waals surface area contributed by atoms with Gasteiger partial charge >= 0.3 is 0 Å². The Balaban J connectivity index is 1.41. The Bertz CT molecular complexity index is 1090. The van der Waals surface area contributed by atoms with Gasteiger partial charge in [-0.3, -0.25) is 4.98 Å². The van der Waals surface area contributed by atoms with E-state index in [0.717, 1.165) is 65.8 Å². The summed E-state index contributed by atoms with van der Waals surface area (Å²) in [4.78, 5) is 16.7. The number of hydrogen-bond acceptors (Lipinski definition) is 5. The average Bonchev–Trinajstić information content (AvgIpc) is 2.90. The molecule has 0 spiro atoms. The zero-order valence-corrected chi connectivity index (χ0v) is 19.4. The highest BCUT2D eigenvalue weighted by atomic mass is 16.5. The fraction of sp³-hybridized carbons (Fsp3) is 0.393. The van der Waals surface area contributed by atoms with Crippen LogP contribution in [0.15, 0.2) is 67.1 Å². The van der Waals surface area contributed by atoms with E-state index in [4.69, 9.17) is 14.7 Å². The third kappa shape index (κ3) is 5.14. The van der Waals surface area contributed by atoms with Gasteiger partial charge in [0.2, 0.25) is 0 Å². The maximum atomic E-state index is 5.48. The third-order valence-electron chi connectivity index (χ3n) is 7.01. The van der Waals surface area contributed by atoms with Gasteiger partial charge in [0, 0.05) is 42.2 Å². The highest BCUT2D eigenvalue weighted by Gasteiger charge is 2.26. The normalized spacial score (nSPS) is 19.5. The van der Waals surface area contributed by atoms with E-state index in [9.17, 15) is 0 Å². The van der Waals surface area contributed by atoms with Gasteiger partial charge in [0.15, 0.2) is 5.82 Å². The van der Waals surface area contributed by atoms with E-state index in [1.807, 2.05) is 30.5 Å². The van der Waals surface area contributed by atoms with Gasteiger partial charge < -0.3 is 9.64 Å². The minimum Gasteiger partial charge on any atom is -0.497 e. The first-order chi connectivity index (χ1) is 16.3. The van der Waals surface area contributed by atoms with E-state index in [0.29, 0.717) is 5.92 Å². The van der Waals surface area contributed by atoms with Crippen molar-refractivity contribution in [1.29, 1.82) is 0 Å². The number of aromatic nitrogens is 3.